The van der Waals surface area contributed by atoms with Gasteiger partial charge in [-0.05, 0) is 26.7 Å². The van der Waals surface area contributed by atoms with Crippen molar-refractivity contribution in [1.82, 2.24) is 10.3 Å². The zero-order valence-electron chi connectivity index (χ0n) is 11.4. The van der Waals surface area contributed by atoms with Crippen LogP contribution in [0.15, 0.2) is 0 Å². The summed E-state index contributed by atoms with van der Waals surface area (Å²) in [6.07, 6.45) is -0.619. The molecule has 0 bridgehead atoms. The van der Waals surface area contributed by atoms with Gasteiger partial charge in [-0.1, -0.05) is 13.8 Å². The van der Waals surface area contributed by atoms with Crippen LogP contribution in [0.3, 0.4) is 0 Å². The van der Waals surface area contributed by atoms with E-state index in [0.717, 1.165) is 5.01 Å². The second-order valence-corrected chi connectivity index (χ2v) is 5.32. The number of carbonyl (C=O) groups is 2. The van der Waals surface area contributed by atoms with E-state index in [1.807, 2.05) is 13.8 Å². The van der Waals surface area contributed by atoms with E-state index in [-0.39, 0.29) is 11.8 Å². The molecule has 6 nitrogen and oxygen atoms in total. The van der Waals surface area contributed by atoms with Crippen LogP contribution in [0, 0.1) is 5.92 Å². The molecule has 0 aliphatic rings. The highest BCUT2D eigenvalue weighted by Gasteiger charge is 2.28. The Bertz CT molecular complexity index is 282. The van der Waals surface area contributed by atoms with Crippen LogP contribution < -0.4 is 11.2 Å². The molecule has 0 saturated carbocycles. The Morgan fingerprint density at radius 2 is 1.76 bits per heavy atom. The van der Waals surface area contributed by atoms with E-state index in [1.165, 1.54) is 7.05 Å². The molecule has 0 rings (SSSR count). The molecule has 1 atom stereocenters. The van der Waals surface area contributed by atoms with Crippen molar-refractivity contribution in [2.24, 2.45) is 11.8 Å². The quantitative estimate of drug-likeness (QED) is 0.439. The summed E-state index contributed by atoms with van der Waals surface area (Å²) in [4.78, 5) is 23.3. The summed E-state index contributed by atoms with van der Waals surface area (Å²) in [5.41, 5.74) is -0.594. The first-order valence-electron chi connectivity index (χ1n) is 5.56. The van der Waals surface area contributed by atoms with Crippen LogP contribution in [-0.4, -0.2) is 35.7 Å². The van der Waals surface area contributed by atoms with Gasteiger partial charge < -0.3 is 10.1 Å². The smallest absolute Gasteiger partial charge is 0.408 e. The summed E-state index contributed by atoms with van der Waals surface area (Å²) in [7, 11) is 1.44. The van der Waals surface area contributed by atoms with Crippen molar-refractivity contribution in [2.75, 3.05) is 7.05 Å². The summed E-state index contributed by atoms with van der Waals surface area (Å²) >= 11 is 0. The minimum atomic E-state index is -0.681. The van der Waals surface area contributed by atoms with E-state index >= 15 is 0 Å². The number of hydrazine groups is 1. The fourth-order valence-electron chi connectivity index (χ4n) is 1.17. The third-order valence-corrected chi connectivity index (χ3v) is 1.95. The van der Waals surface area contributed by atoms with Crippen molar-refractivity contribution in [3.63, 3.8) is 0 Å². The number of alkyl carbamates (subject to hydrolysis) is 1. The number of amides is 2. The second kappa shape index (κ2) is 5.86. The zero-order valence-corrected chi connectivity index (χ0v) is 11.4. The van der Waals surface area contributed by atoms with E-state index in [1.54, 1.807) is 20.8 Å². The number of nitrogens with one attached hydrogen (secondary N) is 1. The molecule has 6 heteroatoms. The Labute approximate surface area is 102 Å². The lowest BCUT2D eigenvalue weighted by Gasteiger charge is -2.26. The molecule has 0 aromatic carbocycles. The summed E-state index contributed by atoms with van der Waals surface area (Å²) in [6.45, 7) is 8.92. The van der Waals surface area contributed by atoms with Crippen LogP contribution in [0.4, 0.5) is 4.79 Å². The molecule has 3 N–H and O–H groups in total. The minimum absolute atomic E-state index is 0.0685. The van der Waals surface area contributed by atoms with Crippen LogP contribution in [0.1, 0.15) is 34.6 Å². The van der Waals surface area contributed by atoms with Gasteiger partial charge in [0.25, 0.3) is 5.91 Å². The van der Waals surface area contributed by atoms with Crippen molar-refractivity contribution in [3.8, 4) is 0 Å². The molecule has 0 heterocycles. The first-order valence-corrected chi connectivity index (χ1v) is 5.56. The predicted octanol–water partition coefficient (Wildman–Crippen LogP) is 0.868. The molecule has 2 amide bonds. The maximum atomic E-state index is 11.7. The predicted molar refractivity (Wildman–Crippen MR) is 65.0 cm³/mol. The highest BCUT2D eigenvalue weighted by Crippen LogP contribution is 2.09. The van der Waals surface area contributed by atoms with Crippen molar-refractivity contribution in [1.29, 1.82) is 0 Å². The molecule has 0 saturated heterocycles. The largest absolute Gasteiger partial charge is 0.444 e. The van der Waals surface area contributed by atoms with E-state index < -0.39 is 17.7 Å². The third-order valence-electron chi connectivity index (χ3n) is 1.95. The molecule has 0 radical (unpaired) electrons. The molecule has 0 aromatic heterocycles. The van der Waals surface area contributed by atoms with Gasteiger partial charge in [-0.3, -0.25) is 9.80 Å². The van der Waals surface area contributed by atoms with Gasteiger partial charge in [0.05, 0.1) is 0 Å². The Morgan fingerprint density at radius 3 is 2.06 bits per heavy atom. The van der Waals surface area contributed by atoms with Gasteiger partial charge in [-0.25, -0.2) is 10.6 Å². The number of likely N-dealkylation sites (N-methyl/N-ethyl adjacent to an activating group) is 1. The summed E-state index contributed by atoms with van der Waals surface area (Å²) < 4.78 is 5.09. The third kappa shape index (κ3) is 6.11. The van der Waals surface area contributed by atoms with Gasteiger partial charge in [-0.15, -0.1) is 0 Å². The second-order valence-electron chi connectivity index (χ2n) is 5.32. The SMILES string of the molecule is CC(C)C(NC(=O)OC(C)(C)C)C(=O)N(C)N. The van der Waals surface area contributed by atoms with Crippen LogP contribution in [0.25, 0.3) is 0 Å². The number of carbonyl (C=O) groups excluding carboxylic acids is 2. The molecular weight excluding hydrogens is 222 g/mol. The van der Waals surface area contributed by atoms with Crippen LogP contribution in [0.2, 0.25) is 0 Å². The van der Waals surface area contributed by atoms with Gasteiger partial charge in [-0.2, -0.15) is 0 Å². The van der Waals surface area contributed by atoms with Crippen molar-refractivity contribution in [3.05, 3.63) is 0 Å². The fourth-order valence-corrected chi connectivity index (χ4v) is 1.17. The number of ether oxygens (including phenoxy) is 1. The number of nitrogens with zero attached hydrogens (tertiary/aromatic N) is 1. The molecule has 0 fully saturated rings. The van der Waals surface area contributed by atoms with E-state index in [0.29, 0.717) is 0 Å². The first kappa shape index (κ1) is 15.7. The highest BCUT2D eigenvalue weighted by molar-refractivity contribution is 5.85. The average Bonchev–Trinajstić information content (AvgIpc) is 2.09. The van der Waals surface area contributed by atoms with Crippen molar-refractivity contribution < 1.29 is 14.3 Å². The molecule has 0 aromatic rings. The van der Waals surface area contributed by atoms with Crippen molar-refractivity contribution >= 4 is 12.0 Å². The normalized spacial score (nSPS) is 13.2. The number of hydrogen-bond acceptors (Lipinski definition) is 4. The van der Waals surface area contributed by atoms with Crippen LogP contribution >= 0.6 is 0 Å². The van der Waals surface area contributed by atoms with Gasteiger partial charge in [0.2, 0.25) is 0 Å². The average molecular weight is 245 g/mol. The maximum absolute atomic E-state index is 11.7. The minimum Gasteiger partial charge on any atom is -0.444 e. The lowest BCUT2D eigenvalue weighted by atomic mass is 10.0. The van der Waals surface area contributed by atoms with E-state index in [4.69, 9.17) is 10.6 Å². The molecule has 100 valence electrons. The number of nitrogens with two attached hydrogens (primary N) is 1. The topological polar surface area (TPSA) is 84.7 Å². The fraction of sp³-hybridized carbons (Fsp3) is 0.818. The van der Waals surface area contributed by atoms with Gasteiger partial charge in [0.1, 0.15) is 11.6 Å². The Kier molecular flexibility index (Phi) is 5.41. The highest BCUT2D eigenvalue weighted by atomic mass is 16.6. The molecule has 17 heavy (non-hydrogen) atoms. The number of rotatable bonds is 3. The van der Waals surface area contributed by atoms with Crippen LogP contribution in [-0.2, 0) is 9.53 Å². The molecule has 1 unspecified atom stereocenters. The van der Waals surface area contributed by atoms with Gasteiger partial charge in [0, 0.05) is 7.05 Å². The zero-order chi connectivity index (χ0) is 13.8. The van der Waals surface area contributed by atoms with E-state index in [9.17, 15) is 9.59 Å². The summed E-state index contributed by atoms with van der Waals surface area (Å²) in [5, 5.41) is 3.48. The Hall–Kier alpha value is -1.30. The van der Waals surface area contributed by atoms with Crippen LogP contribution in [0.5, 0.6) is 0 Å². The Morgan fingerprint density at radius 1 is 1.29 bits per heavy atom. The lowest BCUT2D eigenvalue weighted by molar-refractivity contribution is -0.133. The first-order chi connectivity index (χ1) is 7.54. The summed E-state index contributed by atoms with van der Waals surface area (Å²) in [6, 6.07) is -0.681. The molecule has 0 aliphatic heterocycles. The molecule has 0 spiro atoms. The van der Waals surface area contributed by atoms with Crippen molar-refractivity contribution in [2.45, 2.75) is 46.3 Å². The lowest BCUT2D eigenvalue weighted by Crippen LogP contribution is -2.53. The van der Waals surface area contributed by atoms with E-state index in [2.05, 4.69) is 5.32 Å². The number of hydrogen-bond donors (Lipinski definition) is 2. The monoisotopic (exact) mass is 245 g/mol. The van der Waals surface area contributed by atoms with Gasteiger partial charge in [0.15, 0.2) is 0 Å². The Balaban J connectivity index is 4.57. The summed E-state index contributed by atoms with van der Waals surface area (Å²) in [5.74, 6) is 4.95. The molecule has 0 aliphatic carbocycles. The molecular formula is C11H23N3O3. The van der Waals surface area contributed by atoms with Gasteiger partial charge >= 0.3 is 6.09 Å². The standard InChI is InChI=1S/C11H23N3O3/c1-7(2)8(9(15)14(6)12)13-10(16)17-11(3,4)5/h7-8H,12H2,1-6H3,(H,13,16). The maximum Gasteiger partial charge on any atom is 0.408 e.